The Hall–Kier alpha value is -0.810. The van der Waals surface area contributed by atoms with Gasteiger partial charge in [0, 0.05) is 19.3 Å². The van der Waals surface area contributed by atoms with Crippen molar-refractivity contribution in [1.29, 1.82) is 0 Å². The molecule has 4 nitrogen and oxygen atoms in total. The van der Waals surface area contributed by atoms with E-state index in [2.05, 4.69) is 25.8 Å². The summed E-state index contributed by atoms with van der Waals surface area (Å²) in [6.07, 6.45) is 6.59. The largest absolute Gasteiger partial charge is 0.396 e. The molecule has 2 atom stereocenters. The second-order valence-corrected chi connectivity index (χ2v) is 5.28. The molecule has 2 bridgehead atoms. The molecule has 0 saturated carbocycles. The van der Waals surface area contributed by atoms with E-state index in [0.717, 1.165) is 28.9 Å². The molecule has 0 aliphatic carbocycles. The number of nitrogens with zero attached hydrogens (tertiary/aromatic N) is 2. The summed E-state index contributed by atoms with van der Waals surface area (Å²) in [6.45, 7) is 1.87. The molecule has 2 fully saturated rings. The summed E-state index contributed by atoms with van der Waals surface area (Å²) in [5.41, 5.74) is 7.79. The van der Waals surface area contributed by atoms with Gasteiger partial charge in [-0.25, -0.2) is 0 Å². The van der Waals surface area contributed by atoms with Gasteiger partial charge in [0.15, 0.2) is 0 Å². The Morgan fingerprint density at radius 2 is 2.00 bits per heavy atom. The van der Waals surface area contributed by atoms with E-state index < -0.39 is 0 Å². The summed E-state index contributed by atoms with van der Waals surface area (Å²) in [5, 5.41) is 0. The normalized spacial score (nSPS) is 28.4. The number of nitrogens with two attached hydrogens (primary N) is 1. The van der Waals surface area contributed by atoms with Crippen LogP contribution in [0.15, 0.2) is 16.9 Å². The van der Waals surface area contributed by atoms with Gasteiger partial charge in [0.1, 0.15) is 0 Å². The Kier molecular flexibility index (Phi) is 2.52. The van der Waals surface area contributed by atoms with E-state index in [1.165, 1.54) is 12.8 Å². The van der Waals surface area contributed by atoms with Crippen LogP contribution in [0.1, 0.15) is 12.8 Å². The first kappa shape index (κ1) is 10.4. The molecular formula is C11H14BrN3O. The topological polar surface area (TPSA) is 51.4 Å². The second-order valence-electron chi connectivity index (χ2n) is 4.42. The van der Waals surface area contributed by atoms with Crippen LogP contribution in [0.4, 0.5) is 11.4 Å². The Bertz CT molecular complexity index is 380. The van der Waals surface area contributed by atoms with Crippen LogP contribution >= 0.6 is 15.9 Å². The van der Waals surface area contributed by atoms with Crippen molar-refractivity contribution in [1.82, 2.24) is 4.98 Å². The highest BCUT2D eigenvalue weighted by molar-refractivity contribution is 9.10. The Labute approximate surface area is 103 Å². The van der Waals surface area contributed by atoms with Gasteiger partial charge in [0.05, 0.1) is 34.3 Å². The summed E-state index contributed by atoms with van der Waals surface area (Å²) in [7, 11) is 0. The predicted octanol–water partition coefficient (Wildman–Crippen LogP) is 1.79. The van der Waals surface area contributed by atoms with E-state index in [0.29, 0.717) is 12.2 Å². The molecule has 1 aromatic rings. The SMILES string of the molecule is Nc1cncc(Br)c1N1CC2CCC(C1)O2. The van der Waals surface area contributed by atoms with Gasteiger partial charge in [-0.3, -0.25) is 4.98 Å². The molecule has 16 heavy (non-hydrogen) atoms. The lowest BCUT2D eigenvalue weighted by Gasteiger charge is -2.34. The molecule has 5 heteroatoms. The van der Waals surface area contributed by atoms with Crippen molar-refractivity contribution in [2.45, 2.75) is 25.0 Å². The molecule has 0 aromatic carbocycles. The van der Waals surface area contributed by atoms with Crippen molar-refractivity contribution in [2.75, 3.05) is 23.7 Å². The number of halogens is 1. The van der Waals surface area contributed by atoms with Gasteiger partial charge in [0.25, 0.3) is 0 Å². The number of ether oxygens (including phenoxy) is 1. The number of morpholine rings is 1. The average molecular weight is 284 g/mol. The van der Waals surface area contributed by atoms with Crippen molar-refractivity contribution < 1.29 is 4.74 Å². The molecule has 2 saturated heterocycles. The van der Waals surface area contributed by atoms with Crippen LogP contribution in [0.2, 0.25) is 0 Å². The van der Waals surface area contributed by atoms with E-state index >= 15 is 0 Å². The van der Waals surface area contributed by atoms with E-state index in [4.69, 9.17) is 10.5 Å². The Balaban J connectivity index is 1.92. The fourth-order valence-corrected chi connectivity index (χ4v) is 3.17. The summed E-state index contributed by atoms with van der Waals surface area (Å²) in [6, 6.07) is 0. The first-order valence-corrected chi connectivity index (χ1v) is 6.32. The molecule has 0 radical (unpaired) electrons. The first-order chi connectivity index (χ1) is 7.74. The minimum atomic E-state index is 0.373. The smallest absolute Gasteiger partial charge is 0.0777 e. The van der Waals surface area contributed by atoms with Gasteiger partial charge in [-0.05, 0) is 28.8 Å². The fraction of sp³-hybridized carbons (Fsp3) is 0.545. The molecule has 2 unspecified atom stereocenters. The Morgan fingerprint density at radius 1 is 1.31 bits per heavy atom. The number of pyridine rings is 1. The van der Waals surface area contributed by atoms with Gasteiger partial charge in [-0.2, -0.15) is 0 Å². The van der Waals surface area contributed by atoms with Crippen molar-refractivity contribution in [2.24, 2.45) is 0 Å². The number of anilines is 2. The van der Waals surface area contributed by atoms with E-state index in [1.54, 1.807) is 12.4 Å². The number of aromatic nitrogens is 1. The maximum Gasteiger partial charge on any atom is 0.0777 e. The molecule has 2 N–H and O–H groups in total. The van der Waals surface area contributed by atoms with E-state index in [-0.39, 0.29) is 0 Å². The van der Waals surface area contributed by atoms with Gasteiger partial charge in [0.2, 0.25) is 0 Å². The van der Waals surface area contributed by atoms with Crippen LogP contribution in [0, 0.1) is 0 Å². The zero-order valence-electron chi connectivity index (χ0n) is 8.90. The molecule has 3 rings (SSSR count). The number of hydrogen-bond donors (Lipinski definition) is 1. The molecule has 3 heterocycles. The number of rotatable bonds is 1. The summed E-state index contributed by atoms with van der Waals surface area (Å²) in [5.74, 6) is 0. The highest BCUT2D eigenvalue weighted by Gasteiger charge is 2.34. The summed E-state index contributed by atoms with van der Waals surface area (Å²) >= 11 is 3.52. The lowest BCUT2D eigenvalue weighted by atomic mass is 10.2. The molecule has 0 spiro atoms. The van der Waals surface area contributed by atoms with Gasteiger partial charge in [-0.15, -0.1) is 0 Å². The third-order valence-electron chi connectivity index (χ3n) is 3.26. The monoisotopic (exact) mass is 283 g/mol. The van der Waals surface area contributed by atoms with Crippen molar-refractivity contribution >= 4 is 27.3 Å². The average Bonchev–Trinajstić information content (AvgIpc) is 2.58. The number of nitrogen functional groups attached to an aromatic ring is 1. The number of fused-ring (bicyclic) bond motifs is 2. The van der Waals surface area contributed by atoms with Gasteiger partial charge >= 0.3 is 0 Å². The maximum atomic E-state index is 5.99. The molecule has 86 valence electrons. The first-order valence-electron chi connectivity index (χ1n) is 5.53. The standard InChI is InChI=1S/C11H14BrN3O/c12-9-3-14-4-10(13)11(9)15-5-7-1-2-8(6-15)16-7/h3-4,7-8H,1-2,5-6,13H2. The lowest BCUT2D eigenvalue weighted by molar-refractivity contribution is 0.0305. The third kappa shape index (κ3) is 1.68. The zero-order valence-corrected chi connectivity index (χ0v) is 10.5. The van der Waals surface area contributed by atoms with Crippen LogP contribution in [0.3, 0.4) is 0 Å². The van der Waals surface area contributed by atoms with Crippen molar-refractivity contribution in [3.05, 3.63) is 16.9 Å². The summed E-state index contributed by atoms with van der Waals surface area (Å²) in [4.78, 5) is 6.38. The summed E-state index contributed by atoms with van der Waals surface area (Å²) < 4.78 is 6.78. The predicted molar refractivity (Wildman–Crippen MR) is 66.5 cm³/mol. The van der Waals surface area contributed by atoms with Crippen molar-refractivity contribution in [3.8, 4) is 0 Å². The molecule has 2 aliphatic heterocycles. The van der Waals surface area contributed by atoms with Crippen molar-refractivity contribution in [3.63, 3.8) is 0 Å². The van der Waals surface area contributed by atoms with E-state index in [9.17, 15) is 0 Å². The highest BCUT2D eigenvalue weighted by atomic mass is 79.9. The minimum absolute atomic E-state index is 0.373. The molecular weight excluding hydrogens is 270 g/mol. The van der Waals surface area contributed by atoms with Crippen LogP contribution in [0.25, 0.3) is 0 Å². The van der Waals surface area contributed by atoms with E-state index in [1.807, 2.05) is 0 Å². The zero-order chi connectivity index (χ0) is 11.1. The van der Waals surface area contributed by atoms with Crippen LogP contribution in [-0.2, 0) is 4.74 Å². The third-order valence-corrected chi connectivity index (χ3v) is 3.84. The van der Waals surface area contributed by atoms with Crippen LogP contribution < -0.4 is 10.6 Å². The lowest BCUT2D eigenvalue weighted by Crippen LogP contribution is -2.43. The second kappa shape index (κ2) is 3.89. The molecule has 1 aromatic heterocycles. The number of hydrogen-bond acceptors (Lipinski definition) is 4. The van der Waals surface area contributed by atoms with Gasteiger partial charge < -0.3 is 15.4 Å². The van der Waals surface area contributed by atoms with Crippen LogP contribution in [0.5, 0.6) is 0 Å². The maximum absolute atomic E-state index is 5.99. The Morgan fingerprint density at radius 3 is 2.62 bits per heavy atom. The molecule has 0 amide bonds. The fourth-order valence-electron chi connectivity index (χ4n) is 2.57. The van der Waals surface area contributed by atoms with Crippen LogP contribution in [-0.4, -0.2) is 30.3 Å². The quantitative estimate of drug-likeness (QED) is 0.854. The highest BCUT2D eigenvalue weighted by Crippen LogP contribution is 2.36. The van der Waals surface area contributed by atoms with Gasteiger partial charge in [-0.1, -0.05) is 0 Å². The minimum Gasteiger partial charge on any atom is -0.396 e. The molecule has 2 aliphatic rings.